The molecule has 216 valence electrons. The van der Waals surface area contributed by atoms with Gasteiger partial charge in [-0.3, -0.25) is 14.3 Å². The lowest BCUT2D eigenvalue weighted by atomic mass is 10.0. The molecule has 7 rings (SSSR count). The summed E-state index contributed by atoms with van der Waals surface area (Å²) in [5.74, 6) is 2.77. The summed E-state index contributed by atoms with van der Waals surface area (Å²) in [7, 11) is 2.18. The highest BCUT2D eigenvalue weighted by Crippen LogP contribution is 2.35. The number of hydrogen-bond donors (Lipinski definition) is 0. The van der Waals surface area contributed by atoms with Gasteiger partial charge in [-0.25, -0.2) is 9.97 Å². The summed E-state index contributed by atoms with van der Waals surface area (Å²) < 4.78 is 8.83. The van der Waals surface area contributed by atoms with Crippen LogP contribution in [-0.4, -0.2) is 112 Å². The fourth-order valence-electron chi connectivity index (χ4n) is 6.41. The van der Waals surface area contributed by atoms with Gasteiger partial charge in [0.25, 0.3) is 0 Å². The number of fused-ring (bicyclic) bond motifs is 2. The number of hydrogen-bond acceptors (Lipinski definition) is 9. The minimum Gasteiger partial charge on any atom is -0.378 e. The lowest BCUT2D eigenvalue weighted by molar-refractivity contribution is -0.138. The van der Waals surface area contributed by atoms with Crippen LogP contribution < -0.4 is 4.90 Å². The number of aryl methyl sites for hydroxylation is 1. The first kappa shape index (κ1) is 26.8. The van der Waals surface area contributed by atoms with E-state index in [0.29, 0.717) is 38.3 Å². The van der Waals surface area contributed by atoms with Crippen LogP contribution in [0, 0.1) is 0 Å². The summed E-state index contributed by atoms with van der Waals surface area (Å²) in [6, 6.07) is 10.9. The van der Waals surface area contributed by atoms with E-state index in [4.69, 9.17) is 19.7 Å². The van der Waals surface area contributed by atoms with Crippen molar-refractivity contribution in [2.45, 2.75) is 38.8 Å². The van der Waals surface area contributed by atoms with E-state index >= 15 is 0 Å². The first-order chi connectivity index (χ1) is 20.1. The third kappa shape index (κ3) is 5.20. The van der Waals surface area contributed by atoms with Crippen molar-refractivity contribution in [2.75, 3.05) is 71.0 Å². The number of morpholine rings is 1. The second-order valence-electron chi connectivity index (χ2n) is 11.4. The molecule has 41 heavy (non-hydrogen) atoms. The summed E-state index contributed by atoms with van der Waals surface area (Å²) in [5, 5.41) is 0. The highest BCUT2D eigenvalue weighted by atomic mass is 32.1. The van der Waals surface area contributed by atoms with Crippen molar-refractivity contribution in [2.24, 2.45) is 0 Å². The van der Waals surface area contributed by atoms with Crippen LogP contribution in [-0.2, 0) is 22.5 Å². The number of para-hydroxylation sites is 2. The first-order valence-electron chi connectivity index (χ1n) is 14.9. The molecule has 6 heterocycles. The molecule has 0 radical (unpaired) electrons. The SMILES string of the molecule is CCc1nc2ccccc2n1-c1nc(N2CCOCC2)c2sc(CN3CCN(C4CCN(C)CC4)CC3=O)cc2n1. The van der Waals surface area contributed by atoms with Crippen LogP contribution >= 0.6 is 11.3 Å². The summed E-state index contributed by atoms with van der Waals surface area (Å²) in [5.41, 5.74) is 2.89. The van der Waals surface area contributed by atoms with Crippen LogP contribution in [0.4, 0.5) is 5.82 Å². The van der Waals surface area contributed by atoms with Gasteiger partial charge < -0.3 is 19.4 Å². The molecule has 0 spiro atoms. The number of carbonyl (C=O) groups is 1. The smallest absolute Gasteiger partial charge is 0.238 e. The molecule has 0 N–H and O–H groups in total. The number of thiophene rings is 1. The summed E-state index contributed by atoms with van der Waals surface area (Å²) in [6.45, 7) is 10.2. The van der Waals surface area contributed by atoms with Crippen LogP contribution in [0.5, 0.6) is 0 Å². The molecule has 11 heteroatoms. The average Bonchev–Trinajstić information content (AvgIpc) is 3.59. The zero-order valence-corrected chi connectivity index (χ0v) is 24.8. The van der Waals surface area contributed by atoms with Gasteiger partial charge in [0.2, 0.25) is 11.9 Å². The number of benzene rings is 1. The number of piperazine rings is 1. The van der Waals surface area contributed by atoms with E-state index in [0.717, 1.165) is 96.3 Å². The predicted molar refractivity (Wildman–Crippen MR) is 162 cm³/mol. The Morgan fingerprint density at radius 3 is 2.56 bits per heavy atom. The van der Waals surface area contributed by atoms with Gasteiger partial charge in [-0.2, -0.15) is 4.98 Å². The molecule has 10 nitrogen and oxygen atoms in total. The summed E-state index contributed by atoms with van der Waals surface area (Å²) in [4.78, 5) is 38.7. The van der Waals surface area contributed by atoms with E-state index < -0.39 is 0 Å². The van der Waals surface area contributed by atoms with Crippen LogP contribution in [0.25, 0.3) is 27.2 Å². The minimum absolute atomic E-state index is 0.227. The summed E-state index contributed by atoms with van der Waals surface area (Å²) in [6.07, 6.45) is 3.08. The van der Waals surface area contributed by atoms with Crippen molar-refractivity contribution in [3.8, 4) is 5.95 Å². The normalized spacial score (nSPS) is 20.1. The maximum Gasteiger partial charge on any atom is 0.238 e. The van der Waals surface area contributed by atoms with Gasteiger partial charge in [0.1, 0.15) is 5.82 Å². The molecule has 3 fully saturated rings. The van der Waals surface area contributed by atoms with Crippen molar-refractivity contribution in [3.63, 3.8) is 0 Å². The minimum atomic E-state index is 0.227. The lowest BCUT2D eigenvalue weighted by Crippen LogP contribution is -2.55. The molecule has 3 aliphatic heterocycles. The Morgan fingerprint density at radius 1 is 0.976 bits per heavy atom. The molecule has 3 aliphatic rings. The largest absolute Gasteiger partial charge is 0.378 e. The molecule has 3 aromatic heterocycles. The maximum atomic E-state index is 13.3. The highest BCUT2D eigenvalue weighted by molar-refractivity contribution is 7.19. The number of anilines is 1. The zero-order valence-electron chi connectivity index (χ0n) is 24.0. The standard InChI is InChI=1S/C30H38N8O2S/c1-3-26-31-23-6-4-5-7-25(23)38(26)30-32-24-18-22(41-28(24)29(33-30)35-14-16-40-17-15-35)19-37-13-12-36(20-27(37)39)21-8-10-34(2)11-9-21/h4-7,18,21H,3,8-17,19-20H2,1-2H3. The molecule has 0 atom stereocenters. The Hall–Kier alpha value is -3.12. The van der Waals surface area contributed by atoms with E-state index in [9.17, 15) is 4.79 Å². The van der Waals surface area contributed by atoms with Crippen molar-refractivity contribution in [3.05, 3.63) is 41.0 Å². The fourth-order valence-corrected chi connectivity index (χ4v) is 7.54. The second kappa shape index (κ2) is 11.3. The topological polar surface area (TPSA) is 82.9 Å². The number of nitrogens with zero attached hydrogens (tertiary/aromatic N) is 8. The van der Waals surface area contributed by atoms with E-state index in [-0.39, 0.29) is 5.91 Å². The quantitative estimate of drug-likeness (QED) is 0.348. The number of amides is 1. The van der Waals surface area contributed by atoms with Crippen molar-refractivity contribution in [1.82, 2.24) is 34.2 Å². The van der Waals surface area contributed by atoms with Gasteiger partial charge >= 0.3 is 0 Å². The molecule has 0 saturated carbocycles. The molecule has 0 bridgehead atoms. The van der Waals surface area contributed by atoms with Crippen LogP contribution in [0.1, 0.15) is 30.5 Å². The van der Waals surface area contributed by atoms with Crippen molar-refractivity contribution >= 4 is 44.3 Å². The van der Waals surface area contributed by atoms with Gasteiger partial charge in [-0.05, 0) is 51.2 Å². The lowest BCUT2D eigenvalue weighted by Gasteiger charge is -2.41. The van der Waals surface area contributed by atoms with Gasteiger partial charge in [0.15, 0.2) is 5.82 Å². The van der Waals surface area contributed by atoms with Crippen LogP contribution in [0.15, 0.2) is 30.3 Å². The van der Waals surface area contributed by atoms with E-state index in [1.54, 1.807) is 11.3 Å². The van der Waals surface area contributed by atoms with Crippen LogP contribution in [0.2, 0.25) is 0 Å². The average molecular weight is 575 g/mol. The van der Waals surface area contributed by atoms with Crippen molar-refractivity contribution < 1.29 is 9.53 Å². The molecule has 0 aliphatic carbocycles. The number of imidazole rings is 1. The number of rotatable bonds is 6. The molecular weight excluding hydrogens is 536 g/mol. The van der Waals surface area contributed by atoms with E-state index in [1.807, 2.05) is 23.1 Å². The van der Waals surface area contributed by atoms with Gasteiger partial charge in [0.05, 0.1) is 47.6 Å². The van der Waals surface area contributed by atoms with Crippen LogP contribution in [0.3, 0.4) is 0 Å². The second-order valence-corrected chi connectivity index (χ2v) is 12.5. The molecule has 4 aromatic rings. The third-order valence-electron chi connectivity index (χ3n) is 8.75. The number of piperidine rings is 1. The number of ether oxygens (including phenoxy) is 1. The molecule has 3 saturated heterocycles. The molecule has 1 aromatic carbocycles. The summed E-state index contributed by atoms with van der Waals surface area (Å²) >= 11 is 1.72. The Morgan fingerprint density at radius 2 is 1.78 bits per heavy atom. The number of aromatic nitrogens is 4. The maximum absolute atomic E-state index is 13.3. The van der Waals surface area contributed by atoms with E-state index in [1.165, 1.54) is 0 Å². The Balaban J connectivity index is 1.19. The van der Waals surface area contributed by atoms with Crippen molar-refractivity contribution in [1.29, 1.82) is 0 Å². The van der Waals surface area contributed by atoms with Gasteiger partial charge in [0, 0.05) is 43.5 Å². The third-order valence-corrected chi connectivity index (χ3v) is 9.85. The number of carbonyl (C=O) groups excluding carboxylic acids is 1. The Labute approximate surface area is 244 Å². The zero-order chi connectivity index (χ0) is 27.9. The Bertz CT molecular complexity index is 1550. The van der Waals surface area contributed by atoms with Gasteiger partial charge in [-0.1, -0.05) is 19.1 Å². The molecular formula is C30H38N8O2S. The van der Waals surface area contributed by atoms with E-state index in [2.05, 4.69) is 45.4 Å². The Kier molecular flexibility index (Phi) is 7.36. The molecule has 0 unspecified atom stereocenters. The highest BCUT2D eigenvalue weighted by Gasteiger charge is 2.31. The fraction of sp³-hybridized carbons (Fsp3) is 0.533. The van der Waals surface area contributed by atoms with Gasteiger partial charge in [-0.15, -0.1) is 11.3 Å². The monoisotopic (exact) mass is 574 g/mol. The first-order valence-corrected chi connectivity index (χ1v) is 15.7. The predicted octanol–water partition coefficient (Wildman–Crippen LogP) is 3.17. The molecule has 1 amide bonds. The number of likely N-dealkylation sites (tertiary alicyclic amines) is 1.